The largest absolute Gasteiger partial charge is 0.347 e. The molecular weight excluding hydrogens is 268 g/mol. The molecule has 0 aliphatic carbocycles. The summed E-state index contributed by atoms with van der Waals surface area (Å²) < 4.78 is 0. The van der Waals surface area contributed by atoms with Gasteiger partial charge in [0.1, 0.15) is 4.88 Å². The van der Waals surface area contributed by atoms with E-state index >= 15 is 0 Å². The average Bonchev–Trinajstić information content (AvgIpc) is 2.82. The highest BCUT2D eigenvalue weighted by Crippen LogP contribution is 2.21. The third kappa shape index (κ3) is 2.89. The van der Waals surface area contributed by atoms with E-state index in [9.17, 15) is 4.79 Å². The lowest BCUT2D eigenvalue weighted by Gasteiger charge is -2.04. The Morgan fingerprint density at radius 2 is 2.28 bits per heavy atom. The molecule has 2 aromatic rings. The van der Waals surface area contributed by atoms with Crippen LogP contribution < -0.4 is 5.32 Å². The maximum absolute atomic E-state index is 11.8. The fraction of sp³-hybridized carbons (Fsp3) is 0.0769. The minimum atomic E-state index is -0.197. The van der Waals surface area contributed by atoms with Gasteiger partial charge >= 0.3 is 0 Å². The Balaban J connectivity index is 2.02. The number of halogens is 1. The highest BCUT2D eigenvalue weighted by Gasteiger charge is 2.11. The van der Waals surface area contributed by atoms with Crippen molar-refractivity contribution in [2.45, 2.75) is 6.54 Å². The van der Waals surface area contributed by atoms with E-state index in [4.69, 9.17) is 16.9 Å². The molecule has 1 aromatic heterocycles. The molecule has 2 rings (SSSR count). The number of benzene rings is 1. The molecule has 0 spiro atoms. The first kappa shape index (κ1) is 12.6. The van der Waals surface area contributed by atoms with Gasteiger partial charge in [0.2, 0.25) is 0 Å². The van der Waals surface area contributed by atoms with Crippen molar-refractivity contribution in [2.75, 3.05) is 0 Å². The van der Waals surface area contributed by atoms with Crippen molar-refractivity contribution in [1.29, 1.82) is 5.26 Å². The second-order valence-electron chi connectivity index (χ2n) is 3.59. The number of carbonyl (C=O) groups excluding carboxylic acids is 1. The van der Waals surface area contributed by atoms with Gasteiger partial charge in [-0.2, -0.15) is 5.26 Å². The Bertz CT molecular complexity index is 615. The SMILES string of the molecule is N#Cc1cccc(CNC(=O)c2sccc2Cl)c1. The molecule has 90 valence electrons. The van der Waals surface area contributed by atoms with Crippen molar-refractivity contribution in [3.63, 3.8) is 0 Å². The van der Waals surface area contributed by atoms with E-state index in [1.807, 2.05) is 6.07 Å². The van der Waals surface area contributed by atoms with Crippen molar-refractivity contribution in [1.82, 2.24) is 5.32 Å². The third-order valence-corrected chi connectivity index (χ3v) is 3.67. The topological polar surface area (TPSA) is 52.9 Å². The van der Waals surface area contributed by atoms with Crippen LogP contribution in [0.2, 0.25) is 5.02 Å². The van der Waals surface area contributed by atoms with Crippen LogP contribution in [0.3, 0.4) is 0 Å². The Morgan fingerprint density at radius 1 is 1.44 bits per heavy atom. The second-order valence-corrected chi connectivity index (χ2v) is 4.92. The third-order valence-electron chi connectivity index (χ3n) is 2.33. The number of thiophene rings is 1. The Labute approximate surface area is 114 Å². The molecule has 0 bridgehead atoms. The van der Waals surface area contributed by atoms with Gasteiger partial charge in [0.05, 0.1) is 16.7 Å². The standard InChI is InChI=1S/C13H9ClN2OS/c14-11-4-5-18-12(11)13(17)16-8-10-3-1-2-9(6-10)7-15/h1-6H,8H2,(H,16,17). The molecule has 1 aromatic carbocycles. The van der Waals surface area contributed by atoms with Gasteiger partial charge in [-0.25, -0.2) is 0 Å². The maximum Gasteiger partial charge on any atom is 0.263 e. The van der Waals surface area contributed by atoms with E-state index in [1.165, 1.54) is 11.3 Å². The van der Waals surface area contributed by atoms with Crippen LogP contribution in [0.15, 0.2) is 35.7 Å². The lowest BCUT2D eigenvalue weighted by Crippen LogP contribution is -2.22. The lowest BCUT2D eigenvalue weighted by molar-refractivity contribution is 0.0955. The second kappa shape index (κ2) is 5.67. The molecule has 0 radical (unpaired) electrons. The van der Waals surface area contributed by atoms with Gasteiger partial charge in [-0.05, 0) is 29.1 Å². The van der Waals surface area contributed by atoms with Crippen molar-refractivity contribution < 1.29 is 4.79 Å². The summed E-state index contributed by atoms with van der Waals surface area (Å²) >= 11 is 7.17. The molecule has 1 amide bonds. The average molecular weight is 277 g/mol. The van der Waals surface area contributed by atoms with Gasteiger partial charge in [-0.3, -0.25) is 4.79 Å². The fourth-order valence-corrected chi connectivity index (χ4v) is 2.53. The summed E-state index contributed by atoms with van der Waals surface area (Å²) in [6.45, 7) is 0.378. The first-order valence-electron chi connectivity index (χ1n) is 5.21. The van der Waals surface area contributed by atoms with Crippen molar-refractivity contribution in [2.24, 2.45) is 0 Å². The van der Waals surface area contributed by atoms with Crippen LogP contribution >= 0.6 is 22.9 Å². The summed E-state index contributed by atoms with van der Waals surface area (Å²) in [5.41, 5.74) is 1.46. The number of nitrogens with zero attached hydrogens (tertiary/aromatic N) is 1. The van der Waals surface area contributed by atoms with Crippen molar-refractivity contribution in [3.8, 4) is 6.07 Å². The van der Waals surface area contributed by atoms with E-state index < -0.39 is 0 Å². The molecule has 0 saturated carbocycles. The molecular formula is C13H9ClN2OS. The van der Waals surface area contributed by atoms with Crippen molar-refractivity contribution in [3.05, 3.63) is 56.7 Å². The number of nitriles is 1. The van der Waals surface area contributed by atoms with Crippen LogP contribution in [-0.4, -0.2) is 5.91 Å². The van der Waals surface area contributed by atoms with Gasteiger partial charge in [-0.1, -0.05) is 23.7 Å². The number of hydrogen-bond donors (Lipinski definition) is 1. The predicted molar refractivity (Wildman–Crippen MR) is 71.7 cm³/mol. The fourth-order valence-electron chi connectivity index (χ4n) is 1.47. The highest BCUT2D eigenvalue weighted by molar-refractivity contribution is 7.12. The Kier molecular flexibility index (Phi) is 3.98. The zero-order valence-electron chi connectivity index (χ0n) is 9.31. The predicted octanol–water partition coefficient (Wildman–Crippen LogP) is 3.20. The number of rotatable bonds is 3. The van der Waals surface area contributed by atoms with Crippen LogP contribution in [0.1, 0.15) is 20.8 Å². The number of nitrogens with one attached hydrogen (secondary N) is 1. The van der Waals surface area contributed by atoms with Gasteiger partial charge in [-0.15, -0.1) is 11.3 Å². The molecule has 0 saturated heterocycles. The van der Waals surface area contributed by atoms with Crippen LogP contribution in [0.25, 0.3) is 0 Å². The molecule has 0 aliphatic heterocycles. The molecule has 5 heteroatoms. The zero-order valence-corrected chi connectivity index (χ0v) is 10.9. The molecule has 0 fully saturated rings. The summed E-state index contributed by atoms with van der Waals surface area (Å²) in [6.07, 6.45) is 0. The Hall–Kier alpha value is -1.83. The number of carbonyl (C=O) groups is 1. The maximum atomic E-state index is 11.8. The first-order chi connectivity index (χ1) is 8.70. The van der Waals surface area contributed by atoms with E-state index in [0.29, 0.717) is 22.0 Å². The Morgan fingerprint density at radius 3 is 2.94 bits per heavy atom. The summed E-state index contributed by atoms with van der Waals surface area (Å²) in [6, 6.07) is 10.9. The number of amides is 1. The van der Waals surface area contributed by atoms with Gasteiger partial charge in [0, 0.05) is 6.54 Å². The smallest absolute Gasteiger partial charge is 0.263 e. The van der Waals surface area contributed by atoms with Gasteiger partial charge < -0.3 is 5.32 Å². The van der Waals surface area contributed by atoms with E-state index in [2.05, 4.69) is 11.4 Å². The minimum absolute atomic E-state index is 0.197. The first-order valence-corrected chi connectivity index (χ1v) is 6.46. The van der Waals surface area contributed by atoms with Crippen LogP contribution in [0.5, 0.6) is 0 Å². The van der Waals surface area contributed by atoms with E-state index in [0.717, 1.165) is 5.56 Å². The van der Waals surface area contributed by atoms with Gasteiger partial charge in [0.15, 0.2) is 0 Å². The molecule has 0 aliphatic rings. The summed E-state index contributed by atoms with van der Waals surface area (Å²) in [5, 5.41) is 13.8. The lowest BCUT2D eigenvalue weighted by atomic mass is 10.1. The normalized spacial score (nSPS) is 9.78. The molecule has 1 N–H and O–H groups in total. The van der Waals surface area contributed by atoms with Gasteiger partial charge in [0.25, 0.3) is 5.91 Å². The molecule has 0 unspecified atom stereocenters. The monoisotopic (exact) mass is 276 g/mol. The molecule has 3 nitrogen and oxygen atoms in total. The summed E-state index contributed by atoms with van der Waals surface area (Å²) in [4.78, 5) is 12.3. The summed E-state index contributed by atoms with van der Waals surface area (Å²) in [7, 11) is 0. The van der Waals surface area contributed by atoms with Crippen LogP contribution in [-0.2, 0) is 6.54 Å². The summed E-state index contributed by atoms with van der Waals surface area (Å²) in [5.74, 6) is -0.197. The number of hydrogen-bond acceptors (Lipinski definition) is 3. The zero-order chi connectivity index (χ0) is 13.0. The quantitative estimate of drug-likeness (QED) is 0.936. The van der Waals surface area contributed by atoms with Crippen LogP contribution in [0.4, 0.5) is 0 Å². The molecule has 1 heterocycles. The highest BCUT2D eigenvalue weighted by atomic mass is 35.5. The van der Waals surface area contributed by atoms with E-state index in [-0.39, 0.29) is 5.91 Å². The van der Waals surface area contributed by atoms with Crippen molar-refractivity contribution >= 4 is 28.8 Å². The van der Waals surface area contributed by atoms with E-state index in [1.54, 1.807) is 29.6 Å². The minimum Gasteiger partial charge on any atom is -0.347 e. The van der Waals surface area contributed by atoms with Crippen LogP contribution in [0, 0.1) is 11.3 Å². The molecule has 0 atom stereocenters. The molecule has 18 heavy (non-hydrogen) atoms.